The second-order valence-electron chi connectivity index (χ2n) is 8.01. The summed E-state index contributed by atoms with van der Waals surface area (Å²) in [7, 11) is 0. The van der Waals surface area contributed by atoms with Crippen LogP contribution in [0.3, 0.4) is 0 Å². The summed E-state index contributed by atoms with van der Waals surface area (Å²) in [4.78, 5) is 0. The summed E-state index contributed by atoms with van der Waals surface area (Å²) in [5.41, 5.74) is 3.76. The Labute approximate surface area is 200 Å². The van der Waals surface area contributed by atoms with Gasteiger partial charge < -0.3 is 9.47 Å². The number of hydrogen-bond acceptors (Lipinski definition) is 3. The highest BCUT2D eigenvalue weighted by molar-refractivity contribution is 5.71. The quantitative estimate of drug-likeness (QED) is 0.199. The lowest BCUT2D eigenvalue weighted by Gasteiger charge is -2.13. The van der Waals surface area contributed by atoms with Crippen molar-refractivity contribution in [3.8, 4) is 6.07 Å². The third-order valence-electron chi connectivity index (χ3n) is 5.36. The van der Waals surface area contributed by atoms with Crippen LogP contribution in [0.2, 0.25) is 0 Å². The number of nitriles is 1. The van der Waals surface area contributed by atoms with Crippen molar-refractivity contribution in [2.45, 2.75) is 38.9 Å². The van der Waals surface area contributed by atoms with E-state index in [9.17, 15) is 14.0 Å². The largest absolute Gasteiger partial charge is 0.377 e. The first-order valence-electron chi connectivity index (χ1n) is 11.5. The molecule has 3 rings (SSSR count). The van der Waals surface area contributed by atoms with E-state index in [0.29, 0.717) is 68.8 Å². The van der Waals surface area contributed by atoms with E-state index in [0.717, 1.165) is 17.2 Å². The molecule has 3 nitrogen and oxygen atoms in total. The van der Waals surface area contributed by atoms with Gasteiger partial charge in [0.15, 0.2) is 0 Å². The summed E-state index contributed by atoms with van der Waals surface area (Å²) in [5.74, 6) is -1.31. The van der Waals surface area contributed by atoms with E-state index in [4.69, 9.17) is 9.47 Å². The highest BCUT2D eigenvalue weighted by Gasteiger charge is 2.12. The maximum absolute atomic E-state index is 13.9. The lowest BCUT2D eigenvalue weighted by Crippen LogP contribution is -2.01. The van der Waals surface area contributed by atoms with Crippen LogP contribution in [0.1, 0.15) is 42.4 Å². The van der Waals surface area contributed by atoms with Gasteiger partial charge >= 0.3 is 0 Å². The van der Waals surface area contributed by atoms with Gasteiger partial charge in [0.05, 0.1) is 19.3 Å². The van der Waals surface area contributed by atoms with Gasteiger partial charge in [-0.3, -0.25) is 0 Å². The van der Waals surface area contributed by atoms with Crippen molar-refractivity contribution in [1.29, 1.82) is 5.26 Å². The zero-order valence-corrected chi connectivity index (χ0v) is 19.2. The van der Waals surface area contributed by atoms with Gasteiger partial charge in [0.2, 0.25) is 0 Å². The first kappa shape index (κ1) is 25.3. The van der Waals surface area contributed by atoms with Gasteiger partial charge in [0.25, 0.3) is 0 Å². The molecule has 0 aromatic heterocycles. The second-order valence-corrected chi connectivity index (χ2v) is 8.01. The molecule has 0 heterocycles. The van der Waals surface area contributed by atoms with Crippen molar-refractivity contribution in [3.05, 3.63) is 113 Å². The molecule has 0 unspecified atom stereocenters. The summed E-state index contributed by atoms with van der Waals surface area (Å²) < 4.78 is 39.3. The molecule has 0 saturated carbocycles. The van der Waals surface area contributed by atoms with Crippen LogP contribution in [-0.4, -0.2) is 13.2 Å². The SMILES string of the molecule is N#C/C(CCCOCc1ccccc1)=C(/CCCOCc1ccccc1)c1cc(F)cc(F)c1. The summed E-state index contributed by atoms with van der Waals surface area (Å²) in [6.45, 7) is 1.98. The third-order valence-corrected chi connectivity index (χ3v) is 5.36. The first-order chi connectivity index (χ1) is 16.7. The Morgan fingerprint density at radius 3 is 1.71 bits per heavy atom. The second kappa shape index (κ2) is 14.0. The van der Waals surface area contributed by atoms with Crippen LogP contribution in [0.15, 0.2) is 84.4 Å². The number of rotatable bonds is 13. The van der Waals surface area contributed by atoms with Crippen molar-refractivity contribution >= 4 is 5.57 Å². The van der Waals surface area contributed by atoms with Gasteiger partial charge in [0, 0.05) is 24.9 Å². The molecule has 0 amide bonds. The Hall–Kier alpha value is -3.33. The summed E-state index contributed by atoms with van der Waals surface area (Å²) >= 11 is 0. The van der Waals surface area contributed by atoms with Crippen LogP contribution in [0.5, 0.6) is 0 Å². The monoisotopic (exact) mass is 461 g/mol. The fourth-order valence-electron chi connectivity index (χ4n) is 3.70. The molecule has 0 saturated heterocycles. The number of halogens is 2. The maximum atomic E-state index is 13.9. The average Bonchev–Trinajstić information content (AvgIpc) is 2.85. The number of hydrogen-bond donors (Lipinski definition) is 0. The van der Waals surface area contributed by atoms with Crippen LogP contribution in [0.4, 0.5) is 8.78 Å². The normalized spacial score (nSPS) is 11.7. The van der Waals surface area contributed by atoms with E-state index < -0.39 is 11.6 Å². The molecule has 3 aromatic rings. The number of benzene rings is 3. The van der Waals surface area contributed by atoms with Crippen molar-refractivity contribution in [2.24, 2.45) is 0 Å². The molecule has 3 aromatic carbocycles. The molecule has 34 heavy (non-hydrogen) atoms. The van der Waals surface area contributed by atoms with E-state index in [1.165, 1.54) is 12.1 Å². The van der Waals surface area contributed by atoms with Gasteiger partial charge in [-0.15, -0.1) is 0 Å². The highest BCUT2D eigenvalue weighted by atomic mass is 19.1. The number of ether oxygens (including phenoxy) is 2. The van der Waals surface area contributed by atoms with E-state index in [2.05, 4.69) is 6.07 Å². The summed E-state index contributed by atoms with van der Waals surface area (Å²) in [5, 5.41) is 9.81. The predicted octanol–water partition coefficient (Wildman–Crippen LogP) is 7.24. The van der Waals surface area contributed by atoms with E-state index in [-0.39, 0.29) is 0 Å². The van der Waals surface area contributed by atoms with Gasteiger partial charge in [-0.1, -0.05) is 60.7 Å². The molecule has 0 aliphatic rings. The number of allylic oxidation sites excluding steroid dienone is 2. The van der Waals surface area contributed by atoms with E-state index >= 15 is 0 Å². The fraction of sp³-hybridized carbons (Fsp3) is 0.276. The van der Waals surface area contributed by atoms with Crippen LogP contribution in [-0.2, 0) is 22.7 Å². The Bertz CT molecular complexity index is 1070. The highest BCUT2D eigenvalue weighted by Crippen LogP contribution is 2.28. The minimum absolute atomic E-state index is 0.405. The molecule has 0 aliphatic carbocycles. The van der Waals surface area contributed by atoms with E-state index in [1.807, 2.05) is 60.7 Å². The zero-order valence-electron chi connectivity index (χ0n) is 19.2. The summed E-state index contributed by atoms with van der Waals surface area (Å²) in [6, 6.07) is 25.4. The minimum atomic E-state index is -0.656. The van der Waals surface area contributed by atoms with Crippen LogP contribution < -0.4 is 0 Å². The van der Waals surface area contributed by atoms with Gasteiger partial charge in [-0.25, -0.2) is 8.78 Å². The molecule has 0 atom stereocenters. The van der Waals surface area contributed by atoms with Crippen molar-refractivity contribution in [1.82, 2.24) is 0 Å². The predicted molar refractivity (Wildman–Crippen MR) is 130 cm³/mol. The van der Waals surface area contributed by atoms with Gasteiger partial charge in [0.1, 0.15) is 11.6 Å². The Morgan fingerprint density at radius 2 is 1.21 bits per heavy atom. The Morgan fingerprint density at radius 1 is 0.706 bits per heavy atom. The average molecular weight is 462 g/mol. The fourth-order valence-corrected chi connectivity index (χ4v) is 3.70. The molecule has 0 fully saturated rings. The first-order valence-corrected chi connectivity index (χ1v) is 11.5. The van der Waals surface area contributed by atoms with Gasteiger partial charge in [-0.05, 0) is 60.1 Å². The number of nitrogens with zero attached hydrogens (tertiary/aromatic N) is 1. The maximum Gasteiger partial charge on any atom is 0.126 e. The Kier molecular flexibility index (Phi) is 10.4. The van der Waals surface area contributed by atoms with Crippen LogP contribution >= 0.6 is 0 Å². The molecule has 0 bridgehead atoms. The smallest absolute Gasteiger partial charge is 0.126 e. The Balaban J connectivity index is 1.59. The van der Waals surface area contributed by atoms with Crippen LogP contribution in [0, 0.1) is 23.0 Å². The molecule has 5 heteroatoms. The van der Waals surface area contributed by atoms with E-state index in [1.54, 1.807) is 0 Å². The lowest BCUT2D eigenvalue weighted by molar-refractivity contribution is 0.118. The minimum Gasteiger partial charge on any atom is -0.377 e. The van der Waals surface area contributed by atoms with Crippen molar-refractivity contribution < 1.29 is 18.3 Å². The molecule has 176 valence electrons. The molecule has 0 aliphatic heterocycles. The van der Waals surface area contributed by atoms with Crippen molar-refractivity contribution in [2.75, 3.05) is 13.2 Å². The van der Waals surface area contributed by atoms with Crippen molar-refractivity contribution in [3.63, 3.8) is 0 Å². The molecule has 0 radical (unpaired) electrons. The zero-order chi connectivity index (χ0) is 24.0. The molecular weight excluding hydrogens is 432 g/mol. The topological polar surface area (TPSA) is 42.2 Å². The van der Waals surface area contributed by atoms with Gasteiger partial charge in [-0.2, -0.15) is 5.26 Å². The standard InChI is InChI=1S/C29H29F2NO2/c30-27-17-26(18-28(31)19-27)29(14-8-16-34-22-24-11-5-2-6-12-24)25(20-32)13-7-15-33-21-23-9-3-1-4-10-23/h1-6,9-12,17-19H,7-8,13-16,21-22H2/b29-25-. The van der Waals surface area contributed by atoms with Crippen LogP contribution in [0.25, 0.3) is 5.57 Å². The third kappa shape index (κ3) is 8.55. The lowest BCUT2D eigenvalue weighted by atomic mass is 9.93. The molecule has 0 spiro atoms. The molecular formula is C29H29F2NO2. The summed E-state index contributed by atoms with van der Waals surface area (Å²) in [6.07, 6.45) is 2.24. The molecule has 0 N–H and O–H groups in total.